The minimum Gasteiger partial charge on any atom is -0.483 e. The summed E-state index contributed by atoms with van der Waals surface area (Å²) in [7, 11) is 0. The van der Waals surface area contributed by atoms with Crippen LogP contribution in [0.25, 0.3) is 16.8 Å². The van der Waals surface area contributed by atoms with Gasteiger partial charge in [-0.1, -0.05) is 48.5 Å². The SMILES string of the molecule is O=C(COc1ccccc1-c1ccccc1)Nc1ccc(-n2cnnn2)cc1. The van der Waals surface area contributed by atoms with Gasteiger partial charge in [-0.15, -0.1) is 5.10 Å². The highest BCUT2D eigenvalue weighted by atomic mass is 16.5. The first-order chi connectivity index (χ1) is 13.8. The second-order valence-electron chi connectivity index (χ2n) is 6.00. The van der Waals surface area contributed by atoms with Gasteiger partial charge in [-0.3, -0.25) is 4.79 Å². The van der Waals surface area contributed by atoms with Crippen LogP contribution in [0.15, 0.2) is 85.2 Å². The van der Waals surface area contributed by atoms with Crippen LogP contribution in [0.5, 0.6) is 5.75 Å². The third kappa shape index (κ3) is 4.04. The van der Waals surface area contributed by atoms with Crippen LogP contribution < -0.4 is 10.1 Å². The lowest BCUT2D eigenvalue weighted by atomic mass is 10.1. The number of nitrogens with zero attached hydrogens (tertiary/aromatic N) is 4. The number of benzene rings is 3. The lowest BCUT2D eigenvalue weighted by Gasteiger charge is -2.12. The number of anilines is 1. The average molecular weight is 371 g/mol. The summed E-state index contributed by atoms with van der Waals surface area (Å²) >= 11 is 0. The molecule has 0 bridgehead atoms. The molecule has 138 valence electrons. The topological polar surface area (TPSA) is 81.9 Å². The number of carbonyl (C=O) groups excluding carboxylic acids is 1. The smallest absolute Gasteiger partial charge is 0.262 e. The third-order valence-electron chi connectivity index (χ3n) is 4.10. The monoisotopic (exact) mass is 371 g/mol. The number of tetrazole rings is 1. The number of carbonyl (C=O) groups is 1. The number of hydrogen-bond acceptors (Lipinski definition) is 5. The summed E-state index contributed by atoms with van der Waals surface area (Å²) in [5.41, 5.74) is 3.45. The Kier molecular flexibility index (Phi) is 5.06. The van der Waals surface area contributed by atoms with Crippen molar-refractivity contribution in [3.05, 3.63) is 85.2 Å². The van der Waals surface area contributed by atoms with Crippen molar-refractivity contribution in [2.45, 2.75) is 0 Å². The molecule has 0 fully saturated rings. The molecule has 0 radical (unpaired) electrons. The molecular formula is C21H17N5O2. The Morgan fingerprint density at radius 3 is 2.43 bits per heavy atom. The Hall–Kier alpha value is -4.00. The predicted octanol–water partition coefficient (Wildman–Crippen LogP) is 3.35. The molecule has 7 heteroatoms. The quantitative estimate of drug-likeness (QED) is 0.562. The molecule has 0 saturated carbocycles. The molecule has 1 aromatic heterocycles. The van der Waals surface area contributed by atoms with E-state index in [9.17, 15) is 4.79 Å². The van der Waals surface area contributed by atoms with Crippen LogP contribution in [0.4, 0.5) is 5.69 Å². The number of ether oxygens (including phenoxy) is 1. The van der Waals surface area contributed by atoms with Gasteiger partial charge in [0.2, 0.25) is 0 Å². The number of nitrogens with one attached hydrogen (secondary N) is 1. The van der Waals surface area contributed by atoms with Crippen LogP contribution in [0.1, 0.15) is 0 Å². The number of aromatic nitrogens is 4. The molecule has 7 nitrogen and oxygen atoms in total. The van der Waals surface area contributed by atoms with Crippen molar-refractivity contribution < 1.29 is 9.53 Å². The van der Waals surface area contributed by atoms with Crippen molar-refractivity contribution >= 4 is 11.6 Å². The fraction of sp³-hybridized carbons (Fsp3) is 0.0476. The van der Waals surface area contributed by atoms with Crippen molar-refractivity contribution in [2.75, 3.05) is 11.9 Å². The van der Waals surface area contributed by atoms with E-state index in [-0.39, 0.29) is 12.5 Å². The summed E-state index contributed by atoms with van der Waals surface area (Å²) < 4.78 is 7.30. The maximum atomic E-state index is 12.3. The summed E-state index contributed by atoms with van der Waals surface area (Å²) in [6.07, 6.45) is 1.51. The maximum Gasteiger partial charge on any atom is 0.262 e. The van der Waals surface area contributed by atoms with E-state index in [2.05, 4.69) is 20.8 Å². The van der Waals surface area contributed by atoms with E-state index >= 15 is 0 Å². The van der Waals surface area contributed by atoms with Crippen LogP contribution in [-0.4, -0.2) is 32.7 Å². The van der Waals surface area contributed by atoms with E-state index in [1.807, 2.05) is 66.7 Å². The lowest BCUT2D eigenvalue weighted by molar-refractivity contribution is -0.118. The minimum atomic E-state index is -0.238. The Labute approximate surface area is 161 Å². The maximum absolute atomic E-state index is 12.3. The van der Waals surface area contributed by atoms with Gasteiger partial charge in [-0.25, -0.2) is 4.68 Å². The highest BCUT2D eigenvalue weighted by Gasteiger charge is 2.09. The van der Waals surface area contributed by atoms with Gasteiger partial charge >= 0.3 is 0 Å². The largest absolute Gasteiger partial charge is 0.483 e. The van der Waals surface area contributed by atoms with E-state index in [4.69, 9.17) is 4.74 Å². The fourth-order valence-electron chi connectivity index (χ4n) is 2.77. The van der Waals surface area contributed by atoms with E-state index in [0.29, 0.717) is 11.4 Å². The number of rotatable bonds is 6. The number of hydrogen-bond donors (Lipinski definition) is 1. The van der Waals surface area contributed by atoms with Gasteiger partial charge < -0.3 is 10.1 Å². The fourth-order valence-corrected chi connectivity index (χ4v) is 2.77. The molecule has 0 spiro atoms. The van der Waals surface area contributed by atoms with Crippen molar-refractivity contribution in [3.63, 3.8) is 0 Å². The third-order valence-corrected chi connectivity index (χ3v) is 4.10. The summed E-state index contributed by atoms with van der Waals surface area (Å²) in [4.78, 5) is 12.3. The average Bonchev–Trinajstić information content (AvgIpc) is 3.29. The van der Waals surface area contributed by atoms with E-state index in [1.165, 1.54) is 11.0 Å². The predicted molar refractivity (Wildman–Crippen MR) is 105 cm³/mol. The molecule has 0 aliphatic carbocycles. The zero-order chi connectivity index (χ0) is 19.2. The molecule has 3 aromatic carbocycles. The van der Waals surface area contributed by atoms with Gasteiger partial charge in [-0.2, -0.15) is 0 Å². The van der Waals surface area contributed by atoms with Gasteiger partial charge in [-0.05, 0) is 46.3 Å². The first-order valence-corrected chi connectivity index (χ1v) is 8.70. The van der Waals surface area contributed by atoms with Gasteiger partial charge in [0.25, 0.3) is 5.91 Å². The number of amides is 1. The first-order valence-electron chi connectivity index (χ1n) is 8.70. The molecule has 0 aliphatic rings. The Morgan fingerprint density at radius 2 is 1.68 bits per heavy atom. The highest BCUT2D eigenvalue weighted by Crippen LogP contribution is 2.29. The molecule has 0 atom stereocenters. The van der Waals surface area contributed by atoms with Gasteiger partial charge in [0.05, 0.1) is 5.69 Å². The molecule has 1 N–H and O–H groups in total. The summed E-state index contributed by atoms with van der Waals surface area (Å²) in [6, 6.07) is 24.8. The van der Waals surface area contributed by atoms with Gasteiger partial charge in [0.15, 0.2) is 6.61 Å². The molecule has 1 amide bonds. The summed E-state index contributed by atoms with van der Waals surface area (Å²) in [6.45, 7) is -0.0847. The van der Waals surface area contributed by atoms with Gasteiger partial charge in [0, 0.05) is 11.3 Å². The highest BCUT2D eigenvalue weighted by molar-refractivity contribution is 5.92. The lowest BCUT2D eigenvalue weighted by Crippen LogP contribution is -2.20. The molecule has 1 heterocycles. The molecule has 4 aromatic rings. The minimum absolute atomic E-state index is 0.0847. The summed E-state index contributed by atoms with van der Waals surface area (Å²) in [5, 5.41) is 13.8. The van der Waals surface area contributed by atoms with E-state index in [1.54, 1.807) is 12.1 Å². The molecule has 0 aliphatic heterocycles. The Balaban J connectivity index is 1.39. The Bertz CT molecular complexity index is 1050. The second-order valence-corrected chi connectivity index (χ2v) is 6.00. The standard InChI is InChI=1S/C21H17N5O2/c27-21(23-17-10-12-18(13-11-17)26-15-22-24-25-26)14-28-20-9-5-4-8-19(20)16-6-2-1-3-7-16/h1-13,15H,14H2,(H,23,27). The van der Waals surface area contributed by atoms with Crippen LogP contribution in [0.2, 0.25) is 0 Å². The number of para-hydroxylation sites is 1. The zero-order valence-corrected chi connectivity index (χ0v) is 14.9. The summed E-state index contributed by atoms with van der Waals surface area (Å²) in [5.74, 6) is 0.427. The molecule has 4 rings (SSSR count). The van der Waals surface area contributed by atoms with Crippen LogP contribution in [0, 0.1) is 0 Å². The van der Waals surface area contributed by atoms with E-state index < -0.39 is 0 Å². The zero-order valence-electron chi connectivity index (χ0n) is 14.9. The van der Waals surface area contributed by atoms with Crippen molar-refractivity contribution in [1.82, 2.24) is 20.2 Å². The molecule has 0 saturated heterocycles. The van der Waals surface area contributed by atoms with Crippen molar-refractivity contribution in [2.24, 2.45) is 0 Å². The van der Waals surface area contributed by atoms with E-state index in [0.717, 1.165) is 16.8 Å². The van der Waals surface area contributed by atoms with Crippen LogP contribution >= 0.6 is 0 Å². The van der Waals surface area contributed by atoms with Crippen molar-refractivity contribution in [1.29, 1.82) is 0 Å². The Morgan fingerprint density at radius 1 is 0.929 bits per heavy atom. The second kappa shape index (κ2) is 8.13. The molecule has 0 unspecified atom stereocenters. The van der Waals surface area contributed by atoms with Crippen LogP contribution in [-0.2, 0) is 4.79 Å². The van der Waals surface area contributed by atoms with Crippen molar-refractivity contribution in [3.8, 4) is 22.6 Å². The van der Waals surface area contributed by atoms with Crippen LogP contribution in [0.3, 0.4) is 0 Å². The normalized spacial score (nSPS) is 10.4. The van der Waals surface area contributed by atoms with Gasteiger partial charge in [0.1, 0.15) is 12.1 Å². The molecule has 28 heavy (non-hydrogen) atoms. The molecular weight excluding hydrogens is 354 g/mol. The first kappa shape index (κ1) is 17.4.